The Hall–Kier alpha value is -0.840. The van der Waals surface area contributed by atoms with Gasteiger partial charge in [0.15, 0.2) is 0 Å². The predicted molar refractivity (Wildman–Crippen MR) is 63.2 cm³/mol. The minimum absolute atomic E-state index is 0.0641. The van der Waals surface area contributed by atoms with Crippen LogP contribution in [0, 0.1) is 16.7 Å². The molecule has 1 aliphatic rings. The molecule has 1 N–H and O–H groups in total. The number of hydrogen-bond acceptors (Lipinski definition) is 3. The SMILES string of the molecule is C=C[C@@H]1C[C@@]1(C(=O)NS(C)(=O)=O)C(C)(C)C. The first kappa shape index (κ1) is 13.2. The molecule has 0 aliphatic heterocycles. The lowest BCUT2D eigenvalue weighted by Crippen LogP contribution is -2.43. The molecule has 0 bridgehead atoms. The summed E-state index contributed by atoms with van der Waals surface area (Å²) in [5.74, 6) is -0.346. The van der Waals surface area contributed by atoms with E-state index in [1.165, 1.54) is 0 Å². The number of allylic oxidation sites excluding steroid dienone is 1. The fourth-order valence-electron chi connectivity index (χ4n) is 2.30. The van der Waals surface area contributed by atoms with Crippen LogP contribution in [0.3, 0.4) is 0 Å². The van der Waals surface area contributed by atoms with Gasteiger partial charge in [0, 0.05) is 0 Å². The molecule has 0 heterocycles. The number of sulfonamides is 1. The smallest absolute Gasteiger partial charge is 0.240 e. The molecule has 16 heavy (non-hydrogen) atoms. The van der Waals surface area contributed by atoms with Crippen molar-refractivity contribution in [2.24, 2.45) is 16.7 Å². The highest BCUT2D eigenvalue weighted by molar-refractivity contribution is 7.89. The van der Waals surface area contributed by atoms with E-state index in [0.29, 0.717) is 6.42 Å². The topological polar surface area (TPSA) is 63.2 Å². The molecule has 0 radical (unpaired) electrons. The Morgan fingerprint density at radius 3 is 2.25 bits per heavy atom. The molecule has 5 heteroatoms. The van der Waals surface area contributed by atoms with E-state index in [4.69, 9.17) is 0 Å². The van der Waals surface area contributed by atoms with Crippen molar-refractivity contribution in [1.29, 1.82) is 0 Å². The molecule has 1 fully saturated rings. The average Bonchev–Trinajstić information content (AvgIpc) is 2.73. The van der Waals surface area contributed by atoms with E-state index < -0.39 is 21.3 Å². The van der Waals surface area contributed by atoms with E-state index in [-0.39, 0.29) is 11.3 Å². The van der Waals surface area contributed by atoms with Gasteiger partial charge in [-0.2, -0.15) is 0 Å². The molecule has 4 nitrogen and oxygen atoms in total. The van der Waals surface area contributed by atoms with E-state index >= 15 is 0 Å². The fraction of sp³-hybridized carbons (Fsp3) is 0.727. The standard InChI is InChI=1S/C11H19NO3S/c1-6-8-7-11(8,10(2,3)4)9(13)12-16(5,14)15/h6,8H,1,7H2,2-5H3,(H,12,13)/t8-,11-/m1/s1. The number of hydrogen-bond donors (Lipinski definition) is 1. The summed E-state index contributed by atoms with van der Waals surface area (Å²) in [6, 6.07) is 0. The average molecular weight is 245 g/mol. The van der Waals surface area contributed by atoms with Crippen LogP contribution in [0.4, 0.5) is 0 Å². The highest BCUT2D eigenvalue weighted by Crippen LogP contribution is 2.63. The lowest BCUT2D eigenvalue weighted by Gasteiger charge is -2.30. The molecule has 1 amide bonds. The lowest BCUT2D eigenvalue weighted by atomic mass is 9.75. The first-order chi connectivity index (χ1) is 7.04. The summed E-state index contributed by atoms with van der Waals surface area (Å²) in [6.45, 7) is 9.51. The summed E-state index contributed by atoms with van der Waals surface area (Å²) in [4.78, 5) is 12.0. The summed E-state index contributed by atoms with van der Waals surface area (Å²) < 4.78 is 24.2. The van der Waals surface area contributed by atoms with Crippen molar-refractivity contribution < 1.29 is 13.2 Å². The summed E-state index contributed by atoms with van der Waals surface area (Å²) >= 11 is 0. The van der Waals surface area contributed by atoms with E-state index in [1.807, 2.05) is 20.8 Å². The molecular formula is C11H19NO3S. The first-order valence-corrected chi connectivity index (χ1v) is 7.08. The molecule has 1 aliphatic carbocycles. The van der Waals surface area contributed by atoms with E-state index in [9.17, 15) is 13.2 Å². The monoisotopic (exact) mass is 245 g/mol. The van der Waals surface area contributed by atoms with Gasteiger partial charge in [-0.25, -0.2) is 8.42 Å². The number of amides is 1. The minimum atomic E-state index is -3.49. The first-order valence-electron chi connectivity index (χ1n) is 5.19. The minimum Gasteiger partial charge on any atom is -0.273 e. The van der Waals surface area contributed by atoms with Crippen molar-refractivity contribution in [3.05, 3.63) is 12.7 Å². The maximum Gasteiger partial charge on any atom is 0.240 e. The van der Waals surface area contributed by atoms with Crippen LogP contribution in [0.1, 0.15) is 27.2 Å². The van der Waals surface area contributed by atoms with E-state index in [2.05, 4.69) is 11.3 Å². The van der Waals surface area contributed by atoms with Gasteiger partial charge in [-0.05, 0) is 17.8 Å². The molecule has 0 spiro atoms. The zero-order valence-corrected chi connectivity index (χ0v) is 11.0. The molecule has 0 aromatic heterocycles. The Morgan fingerprint density at radius 1 is 1.50 bits per heavy atom. The molecule has 0 saturated heterocycles. The summed E-state index contributed by atoms with van der Waals surface area (Å²) in [5, 5.41) is 0. The number of carbonyl (C=O) groups is 1. The quantitative estimate of drug-likeness (QED) is 0.762. The second-order valence-electron chi connectivity index (χ2n) is 5.47. The highest BCUT2D eigenvalue weighted by atomic mass is 32.2. The van der Waals surface area contributed by atoms with Crippen molar-refractivity contribution in [3.8, 4) is 0 Å². The second kappa shape index (κ2) is 3.58. The van der Waals surface area contributed by atoms with Crippen LogP contribution in [0.2, 0.25) is 0 Å². The van der Waals surface area contributed by atoms with Crippen LogP contribution in [0.25, 0.3) is 0 Å². The second-order valence-corrected chi connectivity index (χ2v) is 7.22. The molecule has 92 valence electrons. The Morgan fingerprint density at radius 2 is 2.00 bits per heavy atom. The van der Waals surface area contributed by atoms with Crippen LogP contribution in [-0.4, -0.2) is 20.6 Å². The van der Waals surface area contributed by atoms with Gasteiger partial charge in [-0.3, -0.25) is 9.52 Å². The van der Waals surface area contributed by atoms with Crippen molar-refractivity contribution >= 4 is 15.9 Å². The summed E-state index contributed by atoms with van der Waals surface area (Å²) in [5.41, 5.74) is -0.904. The van der Waals surface area contributed by atoms with E-state index in [1.54, 1.807) is 6.08 Å². The van der Waals surface area contributed by atoms with Gasteiger partial charge in [-0.1, -0.05) is 26.8 Å². The number of carbonyl (C=O) groups excluding carboxylic acids is 1. The number of rotatable bonds is 3. The number of nitrogens with one attached hydrogen (secondary N) is 1. The summed E-state index contributed by atoms with van der Waals surface area (Å²) in [7, 11) is -3.49. The zero-order chi connectivity index (χ0) is 12.8. The maximum atomic E-state index is 12.0. The predicted octanol–water partition coefficient (Wildman–Crippen LogP) is 1.30. The molecule has 0 aromatic carbocycles. The van der Waals surface area contributed by atoms with Gasteiger partial charge in [0.25, 0.3) is 0 Å². The van der Waals surface area contributed by atoms with Crippen molar-refractivity contribution in [2.75, 3.05) is 6.26 Å². The summed E-state index contributed by atoms with van der Waals surface area (Å²) in [6.07, 6.45) is 3.39. The Bertz CT molecular complexity index is 419. The maximum absolute atomic E-state index is 12.0. The van der Waals surface area contributed by atoms with Gasteiger partial charge in [0.1, 0.15) is 0 Å². The van der Waals surface area contributed by atoms with Gasteiger partial charge in [-0.15, -0.1) is 6.58 Å². The fourth-order valence-corrected chi connectivity index (χ4v) is 2.81. The van der Waals surface area contributed by atoms with E-state index in [0.717, 1.165) is 6.26 Å². The van der Waals surface area contributed by atoms with Crippen LogP contribution in [0.5, 0.6) is 0 Å². The third-order valence-electron chi connectivity index (χ3n) is 3.32. The van der Waals surface area contributed by atoms with Gasteiger partial charge >= 0.3 is 0 Å². The van der Waals surface area contributed by atoms with Crippen LogP contribution in [0.15, 0.2) is 12.7 Å². The Labute approximate surface area is 97.2 Å². The lowest BCUT2D eigenvalue weighted by molar-refractivity contribution is -0.128. The molecular weight excluding hydrogens is 226 g/mol. The zero-order valence-electron chi connectivity index (χ0n) is 10.2. The molecule has 2 atom stereocenters. The molecule has 0 unspecified atom stereocenters. The molecule has 1 rings (SSSR count). The Kier molecular flexibility index (Phi) is 2.96. The largest absolute Gasteiger partial charge is 0.273 e. The molecule has 1 saturated carbocycles. The van der Waals surface area contributed by atoms with Crippen molar-refractivity contribution in [2.45, 2.75) is 27.2 Å². The normalized spacial score (nSPS) is 29.6. The third-order valence-corrected chi connectivity index (χ3v) is 3.88. The van der Waals surface area contributed by atoms with Crippen LogP contribution >= 0.6 is 0 Å². The highest BCUT2D eigenvalue weighted by Gasteiger charge is 2.65. The van der Waals surface area contributed by atoms with Gasteiger partial charge in [0.2, 0.25) is 15.9 Å². The van der Waals surface area contributed by atoms with Crippen molar-refractivity contribution in [1.82, 2.24) is 4.72 Å². The molecule has 0 aromatic rings. The van der Waals surface area contributed by atoms with Gasteiger partial charge in [0.05, 0.1) is 11.7 Å². The third kappa shape index (κ3) is 2.14. The van der Waals surface area contributed by atoms with Crippen molar-refractivity contribution in [3.63, 3.8) is 0 Å². The van der Waals surface area contributed by atoms with Gasteiger partial charge < -0.3 is 0 Å². The van der Waals surface area contributed by atoms with Crippen LogP contribution < -0.4 is 4.72 Å². The Balaban J connectivity index is 2.99. The van der Waals surface area contributed by atoms with Crippen LogP contribution in [-0.2, 0) is 14.8 Å².